The van der Waals surface area contributed by atoms with Gasteiger partial charge in [0.2, 0.25) is 5.91 Å². The number of halogens is 1. The molecule has 1 N–H and O–H groups in total. The van der Waals surface area contributed by atoms with E-state index >= 15 is 0 Å². The van der Waals surface area contributed by atoms with E-state index in [9.17, 15) is 4.79 Å². The molecule has 3 rings (SSSR count). The van der Waals surface area contributed by atoms with E-state index in [-0.39, 0.29) is 5.91 Å². The van der Waals surface area contributed by atoms with Crippen LogP contribution in [0.1, 0.15) is 11.1 Å². The van der Waals surface area contributed by atoms with Gasteiger partial charge in [0.15, 0.2) is 11.5 Å². The minimum Gasteiger partial charge on any atom is -0.496 e. The van der Waals surface area contributed by atoms with Crippen LogP contribution >= 0.6 is 23.4 Å². The highest BCUT2D eigenvalue weighted by molar-refractivity contribution is 7.99. The summed E-state index contributed by atoms with van der Waals surface area (Å²) in [7, 11) is 1.62. The summed E-state index contributed by atoms with van der Waals surface area (Å²) < 4.78 is 16.4. The molecule has 0 spiro atoms. The monoisotopic (exact) mass is 393 g/mol. The van der Waals surface area contributed by atoms with Crippen molar-refractivity contribution in [2.24, 2.45) is 0 Å². The molecular formula is C19H20ClNO4S. The molecule has 0 fully saturated rings. The van der Waals surface area contributed by atoms with Crippen LogP contribution < -0.4 is 19.5 Å². The topological polar surface area (TPSA) is 56.8 Å². The normalized spacial score (nSPS) is 12.5. The number of amides is 1. The van der Waals surface area contributed by atoms with E-state index in [2.05, 4.69) is 5.32 Å². The lowest BCUT2D eigenvalue weighted by Gasteiger charge is -2.20. The van der Waals surface area contributed by atoms with Gasteiger partial charge >= 0.3 is 0 Å². The van der Waals surface area contributed by atoms with Crippen molar-refractivity contribution in [2.45, 2.75) is 12.3 Å². The summed E-state index contributed by atoms with van der Waals surface area (Å²) in [5.41, 5.74) is 1.95. The maximum absolute atomic E-state index is 12.1. The number of carbonyl (C=O) groups excluding carboxylic acids is 1. The highest BCUT2D eigenvalue weighted by Crippen LogP contribution is 2.39. The first-order valence-electron chi connectivity index (χ1n) is 8.21. The first-order chi connectivity index (χ1) is 12.7. The molecular weight excluding hydrogens is 374 g/mol. The fraction of sp³-hybridized carbons (Fsp3) is 0.316. The molecule has 2 aromatic carbocycles. The predicted octanol–water partition coefficient (Wildman–Crippen LogP) is 3.67. The van der Waals surface area contributed by atoms with E-state index in [4.69, 9.17) is 25.8 Å². The van der Waals surface area contributed by atoms with Crippen LogP contribution in [-0.4, -0.2) is 32.0 Å². The average Bonchev–Trinajstić information content (AvgIpc) is 2.66. The first-order valence-corrected chi connectivity index (χ1v) is 9.75. The lowest BCUT2D eigenvalue weighted by Crippen LogP contribution is -2.24. The summed E-state index contributed by atoms with van der Waals surface area (Å²) >= 11 is 7.75. The Bertz CT molecular complexity index is 784. The molecule has 0 saturated heterocycles. The molecule has 0 radical (unpaired) electrons. The van der Waals surface area contributed by atoms with Gasteiger partial charge in [0, 0.05) is 17.9 Å². The second kappa shape index (κ2) is 9.05. The van der Waals surface area contributed by atoms with E-state index in [1.807, 2.05) is 36.4 Å². The Morgan fingerprint density at radius 2 is 2.08 bits per heavy atom. The van der Waals surface area contributed by atoms with Gasteiger partial charge in [-0.05, 0) is 23.8 Å². The highest BCUT2D eigenvalue weighted by Gasteiger charge is 2.16. The predicted molar refractivity (Wildman–Crippen MR) is 103 cm³/mol. The fourth-order valence-electron chi connectivity index (χ4n) is 2.60. The van der Waals surface area contributed by atoms with Crippen LogP contribution in [0, 0.1) is 0 Å². The number of fused-ring (bicyclic) bond motifs is 1. The maximum Gasteiger partial charge on any atom is 0.230 e. The number of carbonyl (C=O) groups is 1. The summed E-state index contributed by atoms with van der Waals surface area (Å²) in [6.07, 6.45) is 0. The number of hydrogen-bond acceptors (Lipinski definition) is 5. The molecule has 1 aliphatic heterocycles. The zero-order valence-electron chi connectivity index (χ0n) is 14.4. The second-order valence-corrected chi connectivity index (χ2v) is 7.08. The third-order valence-corrected chi connectivity index (χ3v) is 5.11. The van der Waals surface area contributed by atoms with E-state index < -0.39 is 0 Å². The Morgan fingerprint density at radius 3 is 2.92 bits per heavy atom. The second-order valence-electron chi connectivity index (χ2n) is 5.68. The van der Waals surface area contributed by atoms with E-state index in [1.54, 1.807) is 7.11 Å². The standard InChI is InChI=1S/C19H20ClNO4S/c1-23-16-5-3-2-4-14(16)10-21-18(22)12-26-11-13-8-15(20)19-17(9-13)24-6-7-25-19/h2-5,8-9H,6-7,10-12H2,1H3,(H,21,22). The smallest absolute Gasteiger partial charge is 0.230 e. The molecule has 5 nitrogen and oxygen atoms in total. The first kappa shape index (κ1) is 18.7. The van der Waals surface area contributed by atoms with Gasteiger partial charge in [-0.25, -0.2) is 0 Å². The van der Waals surface area contributed by atoms with Gasteiger partial charge < -0.3 is 19.5 Å². The zero-order valence-corrected chi connectivity index (χ0v) is 16.0. The van der Waals surface area contributed by atoms with Crippen molar-refractivity contribution in [3.63, 3.8) is 0 Å². The van der Waals surface area contributed by atoms with Gasteiger partial charge in [0.25, 0.3) is 0 Å². The number of hydrogen-bond donors (Lipinski definition) is 1. The number of rotatable bonds is 7. The van der Waals surface area contributed by atoms with E-state index in [1.165, 1.54) is 11.8 Å². The summed E-state index contributed by atoms with van der Waals surface area (Å²) in [6, 6.07) is 11.4. The minimum atomic E-state index is -0.0236. The van der Waals surface area contributed by atoms with Gasteiger partial charge in [0.05, 0.1) is 17.9 Å². The van der Waals surface area contributed by atoms with Gasteiger partial charge in [-0.2, -0.15) is 0 Å². The zero-order chi connectivity index (χ0) is 18.4. The molecule has 0 aliphatic carbocycles. The summed E-state index contributed by atoms with van der Waals surface area (Å²) in [5.74, 6) is 3.04. The van der Waals surface area contributed by atoms with Crippen LogP contribution in [0.5, 0.6) is 17.2 Å². The van der Waals surface area contributed by atoms with Gasteiger partial charge in [-0.3, -0.25) is 4.79 Å². The SMILES string of the molecule is COc1ccccc1CNC(=O)CSCc1cc(Cl)c2c(c1)OCCO2. The number of thioether (sulfide) groups is 1. The number of nitrogens with one attached hydrogen (secondary N) is 1. The third-order valence-electron chi connectivity index (χ3n) is 3.83. The Kier molecular flexibility index (Phi) is 6.52. The van der Waals surface area contributed by atoms with Gasteiger partial charge in [-0.1, -0.05) is 29.8 Å². The van der Waals surface area contributed by atoms with Crippen molar-refractivity contribution in [1.82, 2.24) is 5.32 Å². The van der Waals surface area contributed by atoms with Crippen LogP contribution in [0.25, 0.3) is 0 Å². The average molecular weight is 394 g/mol. The number of methoxy groups -OCH3 is 1. The fourth-order valence-corrected chi connectivity index (χ4v) is 3.68. The van der Waals surface area contributed by atoms with Crippen LogP contribution in [0.15, 0.2) is 36.4 Å². The van der Waals surface area contributed by atoms with Crippen molar-refractivity contribution in [3.8, 4) is 17.2 Å². The van der Waals surface area contributed by atoms with Crippen molar-refractivity contribution < 1.29 is 19.0 Å². The van der Waals surface area contributed by atoms with E-state index in [0.29, 0.717) is 47.8 Å². The largest absolute Gasteiger partial charge is 0.496 e. The molecule has 0 unspecified atom stereocenters. The van der Waals surface area contributed by atoms with Gasteiger partial charge in [-0.15, -0.1) is 11.8 Å². The molecule has 1 aliphatic rings. The molecule has 2 aromatic rings. The van der Waals surface area contributed by atoms with Crippen LogP contribution in [0.4, 0.5) is 0 Å². The Balaban J connectivity index is 1.47. The van der Waals surface area contributed by atoms with Gasteiger partial charge in [0.1, 0.15) is 19.0 Å². The Morgan fingerprint density at radius 1 is 1.27 bits per heavy atom. The Labute approximate surface area is 162 Å². The van der Waals surface area contributed by atoms with Crippen molar-refractivity contribution >= 4 is 29.3 Å². The molecule has 7 heteroatoms. The molecule has 0 atom stereocenters. The molecule has 138 valence electrons. The van der Waals surface area contributed by atoms with Crippen LogP contribution in [0.2, 0.25) is 5.02 Å². The number of benzene rings is 2. The van der Waals surface area contributed by atoms with Crippen molar-refractivity contribution in [2.75, 3.05) is 26.1 Å². The van der Waals surface area contributed by atoms with Crippen molar-refractivity contribution in [1.29, 1.82) is 0 Å². The quantitative estimate of drug-likeness (QED) is 0.777. The summed E-state index contributed by atoms with van der Waals surface area (Å²) in [5, 5.41) is 3.45. The molecule has 1 amide bonds. The lowest BCUT2D eigenvalue weighted by atomic mass is 10.2. The highest BCUT2D eigenvalue weighted by atomic mass is 35.5. The number of ether oxygens (including phenoxy) is 3. The summed E-state index contributed by atoms with van der Waals surface area (Å²) in [4.78, 5) is 12.1. The van der Waals surface area contributed by atoms with Crippen molar-refractivity contribution in [3.05, 3.63) is 52.5 Å². The molecule has 1 heterocycles. The maximum atomic E-state index is 12.1. The Hall–Kier alpha value is -2.05. The number of para-hydroxylation sites is 1. The molecule has 0 bridgehead atoms. The minimum absolute atomic E-state index is 0.0236. The molecule has 26 heavy (non-hydrogen) atoms. The van der Waals surface area contributed by atoms with Crippen LogP contribution in [0.3, 0.4) is 0 Å². The third kappa shape index (κ3) is 4.77. The molecule has 0 aromatic heterocycles. The molecule has 0 saturated carbocycles. The van der Waals surface area contributed by atoms with E-state index in [0.717, 1.165) is 16.9 Å². The van der Waals surface area contributed by atoms with Crippen LogP contribution in [-0.2, 0) is 17.1 Å². The lowest BCUT2D eigenvalue weighted by molar-refractivity contribution is -0.118. The summed E-state index contributed by atoms with van der Waals surface area (Å²) in [6.45, 7) is 1.47.